The predicted molar refractivity (Wildman–Crippen MR) is 100 cm³/mol. The Bertz CT molecular complexity index is 1010. The highest BCUT2D eigenvalue weighted by Crippen LogP contribution is 2.26. The Morgan fingerprint density at radius 2 is 1.96 bits per heavy atom. The van der Waals surface area contributed by atoms with Crippen LogP contribution in [-0.4, -0.2) is 32.5 Å². The Morgan fingerprint density at radius 3 is 2.72 bits per heavy atom. The lowest BCUT2D eigenvalue weighted by Gasteiger charge is -2.06. The number of nitrogens with zero attached hydrogens (tertiary/aromatic N) is 4. The van der Waals surface area contributed by atoms with Crippen molar-refractivity contribution in [2.24, 2.45) is 0 Å². The normalized spacial score (nSPS) is 11.1. The van der Waals surface area contributed by atoms with E-state index in [1.165, 1.54) is 4.90 Å². The van der Waals surface area contributed by atoms with Crippen LogP contribution in [0.25, 0.3) is 28.2 Å². The zero-order valence-corrected chi connectivity index (χ0v) is 14.7. The number of imidazole rings is 1. The number of nitrogens with one attached hydrogen (secondary N) is 1. The molecule has 2 aromatic carbocycles. The van der Waals surface area contributed by atoms with Gasteiger partial charge in [-0.25, -0.2) is 4.98 Å². The van der Waals surface area contributed by atoms with E-state index >= 15 is 0 Å². The molecule has 25 heavy (non-hydrogen) atoms. The van der Waals surface area contributed by atoms with Crippen LogP contribution >= 0.6 is 11.8 Å². The molecule has 4 aromatic rings. The van der Waals surface area contributed by atoms with Crippen LogP contribution < -0.4 is 5.32 Å². The molecular weight excluding hydrogens is 334 g/mol. The minimum Gasteiger partial charge on any atom is -0.403 e. The van der Waals surface area contributed by atoms with Crippen molar-refractivity contribution < 1.29 is 4.42 Å². The summed E-state index contributed by atoms with van der Waals surface area (Å²) in [6.07, 6.45) is 3.90. The van der Waals surface area contributed by atoms with Crippen molar-refractivity contribution >= 4 is 28.8 Å². The molecule has 7 heteroatoms. The van der Waals surface area contributed by atoms with Crippen molar-refractivity contribution in [1.29, 1.82) is 0 Å². The van der Waals surface area contributed by atoms with Gasteiger partial charge in [0.2, 0.25) is 5.89 Å². The number of hydrogen-bond acceptors (Lipinski definition) is 6. The van der Waals surface area contributed by atoms with Gasteiger partial charge in [-0.3, -0.25) is 4.57 Å². The second kappa shape index (κ2) is 6.60. The van der Waals surface area contributed by atoms with E-state index in [1.807, 2.05) is 31.5 Å². The van der Waals surface area contributed by atoms with Gasteiger partial charge in [0.15, 0.2) is 0 Å². The van der Waals surface area contributed by atoms with E-state index in [-0.39, 0.29) is 0 Å². The number of anilines is 1. The molecule has 0 unspecified atom stereocenters. The molecule has 2 heterocycles. The lowest BCUT2D eigenvalue weighted by atomic mass is 10.2. The van der Waals surface area contributed by atoms with Crippen molar-refractivity contribution in [3.8, 4) is 17.1 Å². The summed E-state index contributed by atoms with van der Waals surface area (Å²) in [6, 6.07) is 14.8. The van der Waals surface area contributed by atoms with E-state index in [4.69, 9.17) is 4.42 Å². The van der Waals surface area contributed by atoms with E-state index in [1.54, 1.807) is 11.8 Å². The van der Waals surface area contributed by atoms with E-state index in [0.717, 1.165) is 28.8 Å². The first-order valence-corrected chi connectivity index (χ1v) is 9.20. The summed E-state index contributed by atoms with van der Waals surface area (Å²) in [7, 11) is 0. The summed E-state index contributed by atoms with van der Waals surface area (Å²) in [5.74, 6) is 0.489. The number of aromatic nitrogens is 4. The summed E-state index contributed by atoms with van der Waals surface area (Å²) < 4.78 is 7.71. The van der Waals surface area contributed by atoms with Crippen molar-refractivity contribution in [2.45, 2.75) is 11.8 Å². The SMILES string of the molecule is CCNc1nnc(-c2ccc3ncn(-c4ccc(SC)cc4)c3c2)o1. The maximum absolute atomic E-state index is 5.65. The van der Waals surface area contributed by atoms with E-state index in [0.29, 0.717) is 11.9 Å². The molecule has 0 saturated carbocycles. The molecule has 2 aromatic heterocycles. The molecular formula is C18H17N5OS. The third-order valence-electron chi connectivity index (χ3n) is 3.90. The maximum atomic E-state index is 5.65. The first kappa shape index (κ1) is 15.7. The maximum Gasteiger partial charge on any atom is 0.315 e. The monoisotopic (exact) mass is 351 g/mol. The molecule has 126 valence electrons. The summed E-state index contributed by atoms with van der Waals surface area (Å²) >= 11 is 1.73. The fraction of sp³-hybridized carbons (Fsp3) is 0.167. The largest absolute Gasteiger partial charge is 0.403 e. The van der Waals surface area contributed by atoms with Crippen molar-refractivity contribution in [3.63, 3.8) is 0 Å². The quantitative estimate of drug-likeness (QED) is 0.543. The van der Waals surface area contributed by atoms with Gasteiger partial charge in [0, 0.05) is 22.7 Å². The average Bonchev–Trinajstić information content (AvgIpc) is 3.28. The molecule has 0 spiro atoms. The van der Waals surface area contributed by atoms with Gasteiger partial charge in [-0.1, -0.05) is 5.10 Å². The van der Waals surface area contributed by atoms with Gasteiger partial charge in [-0.05, 0) is 55.6 Å². The number of thioether (sulfide) groups is 1. The Morgan fingerprint density at radius 1 is 1.12 bits per heavy atom. The Hall–Kier alpha value is -2.80. The second-order valence-electron chi connectivity index (χ2n) is 5.46. The van der Waals surface area contributed by atoms with Gasteiger partial charge < -0.3 is 9.73 Å². The minimum atomic E-state index is 0.429. The van der Waals surface area contributed by atoms with Gasteiger partial charge in [-0.15, -0.1) is 16.9 Å². The zero-order valence-electron chi connectivity index (χ0n) is 13.9. The van der Waals surface area contributed by atoms with E-state index in [2.05, 4.69) is 55.6 Å². The molecule has 0 aliphatic rings. The van der Waals surface area contributed by atoms with E-state index < -0.39 is 0 Å². The Labute approximate surface area is 149 Å². The van der Waals surface area contributed by atoms with Crippen LogP contribution in [0.2, 0.25) is 0 Å². The van der Waals surface area contributed by atoms with Gasteiger partial charge in [0.25, 0.3) is 0 Å². The third kappa shape index (κ3) is 2.98. The fourth-order valence-electron chi connectivity index (χ4n) is 2.65. The van der Waals surface area contributed by atoms with Gasteiger partial charge >= 0.3 is 6.01 Å². The highest BCUT2D eigenvalue weighted by Gasteiger charge is 2.11. The number of hydrogen-bond donors (Lipinski definition) is 1. The Kier molecular flexibility index (Phi) is 4.15. The summed E-state index contributed by atoms with van der Waals surface area (Å²) in [6.45, 7) is 2.72. The standard InChI is InChI=1S/C18H17N5OS/c1-3-19-18-22-21-17(24-18)12-4-9-15-16(10-12)23(11-20-15)13-5-7-14(25-2)8-6-13/h4-11H,3H2,1-2H3,(H,19,22). The lowest BCUT2D eigenvalue weighted by molar-refractivity contribution is 0.582. The van der Waals surface area contributed by atoms with Crippen LogP contribution in [-0.2, 0) is 0 Å². The van der Waals surface area contributed by atoms with Gasteiger partial charge in [-0.2, -0.15) is 0 Å². The average molecular weight is 351 g/mol. The summed E-state index contributed by atoms with van der Waals surface area (Å²) in [5.41, 5.74) is 3.85. The highest BCUT2D eigenvalue weighted by atomic mass is 32.2. The Balaban J connectivity index is 1.76. The topological polar surface area (TPSA) is 68.8 Å². The smallest absolute Gasteiger partial charge is 0.315 e. The number of fused-ring (bicyclic) bond motifs is 1. The second-order valence-corrected chi connectivity index (χ2v) is 6.34. The van der Waals surface area contributed by atoms with Gasteiger partial charge in [0.1, 0.15) is 6.33 Å². The molecule has 4 rings (SSSR count). The molecule has 0 aliphatic heterocycles. The predicted octanol–water partition coefficient (Wildman–Crippen LogP) is 4.23. The third-order valence-corrected chi connectivity index (χ3v) is 4.64. The molecule has 0 saturated heterocycles. The fourth-order valence-corrected chi connectivity index (χ4v) is 3.06. The molecule has 6 nitrogen and oxygen atoms in total. The molecule has 0 amide bonds. The van der Waals surface area contributed by atoms with Crippen molar-refractivity contribution in [2.75, 3.05) is 18.1 Å². The van der Waals surface area contributed by atoms with Crippen LogP contribution in [0.5, 0.6) is 0 Å². The van der Waals surface area contributed by atoms with Crippen LogP contribution in [0.3, 0.4) is 0 Å². The zero-order chi connectivity index (χ0) is 17.2. The summed E-state index contributed by atoms with van der Waals surface area (Å²) in [5, 5.41) is 11.1. The van der Waals surface area contributed by atoms with Crippen LogP contribution in [0.4, 0.5) is 6.01 Å². The summed E-state index contributed by atoms with van der Waals surface area (Å²) in [4.78, 5) is 5.72. The molecule has 0 fully saturated rings. The highest BCUT2D eigenvalue weighted by molar-refractivity contribution is 7.98. The number of benzene rings is 2. The van der Waals surface area contributed by atoms with E-state index in [9.17, 15) is 0 Å². The minimum absolute atomic E-state index is 0.429. The lowest BCUT2D eigenvalue weighted by Crippen LogP contribution is -1.95. The van der Waals surface area contributed by atoms with Crippen LogP contribution in [0.1, 0.15) is 6.92 Å². The van der Waals surface area contributed by atoms with Crippen LogP contribution in [0.15, 0.2) is 58.1 Å². The first-order valence-electron chi connectivity index (χ1n) is 7.98. The van der Waals surface area contributed by atoms with Crippen LogP contribution in [0, 0.1) is 0 Å². The van der Waals surface area contributed by atoms with Crippen molar-refractivity contribution in [1.82, 2.24) is 19.7 Å². The number of rotatable bonds is 5. The molecule has 0 atom stereocenters. The molecule has 0 radical (unpaired) electrons. The van der Waals surface area contributed by atoms with Gasteiger partial charge in [0.05, 0.1) is 11.0 Å². The van der Waals surface area contributed by atoms with Crippen molar-refractivity contribution in [3.05, 3.63) is 48.8 Å². The molecule has 0 bridgehead atoms. The first-order chi connectivity index (χ1) is 12.3. The molecule has 1 N–H and O–H groups in total. The molecule has 0 aliphatic carbocycles.